The quantitative estimate of drug-likeness (QED) is 0.532. The minimum atomic E-state index is -3.67. The molecule has 2 heterocycles. The number of pyridine rings is 1. The number of rotatable bonds is 4. The van der Waals surface area contributed by atoms with E-state index in [-0.39, 0.29) is 16.8 Å². The molecule has 1 aliphatic rings. The van der Waals surface area contributed by atoms with E-state index in [1.54, 1.807) is 0 Å². The number of piperidine rings is 1. The molecular weight excluding hydrogens is 358 g/mol. The van der Waals surface area contributed by atoms with E-state index in [4.69, 9.17) is 5.84 Å². The highest BCUT2D eigenvalue weighted by Gasteiger charge is 2.28. The van der Waals surface area contributed by atoms with Crippen LogP contribution in [0.5, 0.6) is 0 Å². The van der Waals surface area contributed by atoms with Crippen LogP contribution in [0.1, 0.15) is 19.8 Å². The van der Waals surface area contributed by atoms with Crippen LogP contribution in [0.25, 0.3) is 0 Å². The molecule has 0 spiro atoms. The van der Waals surface area contributed by atoms with Crippen LogP contribution < -0.4 is 16.0 Å². The molecule has 1 aliphatic heterocycles. The van der Waals surface area contributed by atoms with E-state index in [0.29, 0.717) is 10.5 Å². The minimum absolute atomic E-state index is 0.0472. The maximum atomic E-state index is 12.5. The van der Waals surface area contributed by atoms with Gasteiger partial charge in [-0.25, -0.2) is 24.0 Å². The van der Waals surface area contributed by atoms with Crippen LogP contribution in [-0.2, 0) is 10.0 Å². The number of nitrogen functional groups attached to an aromatic ring is 1. The first-order valence-electron chi connectivity index (χ1n) is 6.68. The van der Waals surface area contributed by atoms with Crippen molar-refractivity contribution in [3.63, 3.8) is 0 Å². The Balaban J connectivity index is 2.21. The standard InChI is InChI=1S/C12H20BrN5O2S/c1-8-5-10(3-4-18(8)2)17-21(19,20)11-6-9(13)7-15-12(11)16-14/h6-8,10,17H,3-5,14H2,1-2H3,(H,15,16). The zero-order valence-corrected chi connectivity index (χ0v) is 14.4. The number of nitrogens with two attached hydrogens (primary N) is 1. The van der Waals surface area contributed by atoms with Gasteiger partial charge in [0.25, 0.3) is 0 Å². The predicted molar refractivity (Wildman–Crippen MR) is 85.2 cm³/mol. The van der Waals surface area contributed by atoms with Gasteiger partial charge < -0.3 is 10.3 Å². The summed E-state index contributed by atoms with van der Waals surface area (Å²) in [6, 6.07) is 1.76. The molecule has 0 saturated carbocycles. The van der Waals surface area contributed by atoms with E-state index in [9.17, 15) is 8.42 Å². The number of nitrogens with zero attached hydrogens (tertiary/aromatic N) is 2. The molecule has 0 radical (unpaired) electrons. The summed E-state index contributed by atoms with van der Waals surface area (Å²) in [4.78, 5) is 6.24. The largest absolute Gasteiger partial charge is 0.307 e. The average molecular weight is 378 g/mol. The average Bonchev–Trinajstić information content (AvgIpc) is 2.42. The Morgan fingerprint density at radius 2 is 2.24 bits per heavy atom. The van der Waals surface area contributed by atoms with Crippen molar-refractivity contribution in [1.82, 2.24) is 14.6 Å². The summed E-state index contributed by atoms with van der Waals surface area (Å²) in [5.41, 5.74) is 2.32. The molecular formula is C12H20BrN5O2S. The normalized spacial score (nSPS) is 24.0. The highest BCUT2D eigenvalue weighted by molar-refractivity contribution is 9.10. The molecule has 0 aliphatic carbocycles. The zero-order chi connectivity index (χ0) is 15.6. The molecule has 1 aromatic heterocycles. The van der Waals surface area contributed by atoms with E-state index in [0.717, 1.165) is 19.4 Å². The van der Waals surface area contributed by atoms with Crippen molar-refractivity contribution >= 4 is 31.8 Å². The van der Waals surface area contributed by atoms with Gasteiger partial charge >= 0.3 is 0 Å². The Hall–Kier alpha value is -0.740. The third-order valence-electron chi connectivity index (χ3n) is 3.78. The second-order valence-corrected chi connectivity index (χ2v) is 7.91. The number of halogens is 1. The summed E-state index contributed by atoms with van der Waals surface area (Å²) < 4.78 is 28.4. The van der Waals surface area contributed by atoms with Crippen LogP contribution in [0, 0.1) is 0 Å². The molecule has 1 aromatic rings. The molecule has 2 unspecified atom stereocenters. The van der Waals surface area contributed by atoms with E-state index < -0.39 is 10.0 Å². The van der Waals surface area contributed by atoms with Crippen molar-refractivity contribution in [2.24, 2.45) is 5.84 Å². The molecule has 118 valence electrons. The topological polar surface area (TPSA) is 100 Å². The molecule has 21 heavy (non-hydrogen) atoms. The first-order valence-corrected chi connectivity index (χ1v) is 8.96. The molecule has 0 amide bonds. The van der Waals surface area contributed by atoms with Gasteiger partial charge in [-0.1, -0.05) is 0 Å². The molecule has 0 aromatic carbocycles. The van der Waals surface area contributed by atoms with Crippen LogP contribution in [-0.4, -0.2) is 44.0 Å². The predicted octanol–water partition coefficient (Wildman–Crippen LogP) is 0.891. The van der Waals surface area contributed by atoms with Gasteiger partial charge in [0.2, 0.25) is 10.0 Å². The van der Waals surface area contributed by atoms with Gasteiger partial charge in [0.05, 0.1) is 0 Å². The lowest BCUT2D eigenvalue weighted by molar-refractivity contribution is 0.178. The third kappa shape index (κ3) is 3.92. The summed E-state index contributed by atoms with van der Waals surface area (Å²) in [6.45, 7) is 2.96. The molecule has 2 atom stereocenters. The first-order chi connectivity index (χ1) is 9.83. The lowest BCUT2D eigenvalue weighted by atomic mass is 10.0. The highest BCUT2D eigenvalue weighted by Crippen LogP contribution is 2.24. The maximum Gasteiger partial charge on any atom is 0.244 e. The van der Waals surface area contributed by atoms with Gasteiger partial charge in [-0.15, -0.1) is 0 Å². The minimum Gasteiger partial charge on any atom is -0.307 e. The van der Waals surface area contributed by atoms with E-state index in [2.05, 4.69) is 42.9 Å². The van der Waals surface area contributed by atoms with Crippen LogP contribution >= 0.6 is 15.9 Å². The Morgan fingerprint density at radius 3 is 2.86 bits per heavy atom. The number of nitrogens with one attached hydrogen (secondary N) is 2. The van der Waals surface area contributed by atoms with Gasteiger partial charge in [0.15, 0.2) is 5.82 Å². The second kappa shape index (κ2) is 6.57. The SMILES string of the molecule is CC1CC(NS(=O)(=O)c2cc(Br)cnc2NN)CCN1C. The Labute approximate surface area is 133 Å². The van der Waals surface area contributed by atoms with Crippen molar-refractivity contribution in [3.8, 4) is 0 Å². The summed E-state index contributed by atoms with van der Waals surface area (Å²) in [5, 5.41) is 0. The molecule has 2 rings (SSSR count). The fraction of sp³-hybridized carbons (Fsp3) is 0.583. The molecule has 0 bridgehead atoms. The van der Waals surface area contributed by atoms with Crippen molar-refractivity contribution < 1.29 is 8.42 Å². The fourth-order valence-electron chi connectivity index (χ4n) is 2.41. The highest BCUT2D eigenvalue weighted by atomic mass is 79.9. The Kier molecular flexibility index (Phi) is 5.20. The van der Waals surface area contributed by atoms with Gasteiger partial charge in [-0.3, -0.25) is 0 Å². The van der Waals surface area contributed by atoms with Gasteiger partial charge in [-0.05, 0) is 55.4 Å². The second-order valence-electron chi connectivity index (χ2n) is 5.32. The molecule has 4 N–H and O–H groups in total. The summed E-state index contributed by atoms with van der Waals surface area (Å²) in [5.74, 6) is 5.48. The Morgan fingerprint density at radius 1 is 1.52 bits per heavy atom. The van der Waals surface area contributed by atoms with E-state index in [1.807, 2.05) is 7.05 Å². The summed E-state index contributed by atoms with van der Waals surface area (Å²) in [6.07, 6.45) is 3.06. The smallest absolute Gasteiger partial charge is 0.244 e. The number of hydrazine groups is 1. The van der Waals surface area contributed by atoms with E-state index >= 15 is 0 Å². The van der Waals surface area contributed by atoms with Crippen LogP contribution in [0.2, 0.25) is 0 Å². The van der Waals surface area contributed by atoms with Crippen LogP contribution in [0.4, 0.5) is 5.82 Å². The molecule has 1 fully saturated rings. The Bertz CT molecular complexity index is 610. The number of likely N-dealkylation sites (tertiary alicyclic amines) is 1. The van der Waals surface area contributed by atoms with Crippen molar-refractivity contribution in [1.29, 1.82) is 0 Å². The number of hydrogen-bond acceptors (Lipinski definition) is 6. The lowest BCUT2D eigenvalue weighted by Crippen LogP contribution is -2.47. The van der Waals surface area contributed by atoms with Gasteiger partial charge in [0.1, 0.15) is 4.90 Å². The van der Waals surface area contributed by atoms with Crippen LogP contribution in [0.15, 0.2) is 21.6 Å². The van der Waals surface area contributed by atoms with Crippen LogP contribution in [0.3, 0.4) is 0 Å². The molecule has 7 nitrogen and oxygen atoms in total. The van der Waals surface area contributed by atoms with Gasteiger partial charge in [0, 0.05) is 22.8 Å². The van der Waals surface area contributed by atoms with Gasteiger partial charge in [-0.2, -0.15) is 0 Å². The maximum absolute atomic E-state index is 12.5. The summed E-state index contributed by atoms with van der Waals surface area (Å²) >= 11 is 3.23. The van der Waals surface area contributed by atoms with Crippen molar-refractivity contribution in [3.05, 3.63) is 16.7 Å². The third-order valence-corrected chi connectivity index (χ3v) is 5.74. The summed E-state index contributed by atoms with van der Waals surface area (Å²) in [7, 11) is -1.62. The van der Waals surface area contributed by atoms with Crippen molar-refractivity contribution in [2.75, 3.05) is 19.0 Å². The van der Waals surface area contributed by atoms with Crippen molar-refractivity contribution in [2.45, 2.75) is 36.7 Å². The number of anilines is 1. The number of hydrogen-bond donors (Lipinski definition) is 3. The fourth-order valence-corrected chi connectivity index (χ4v) is 4.32. The monoisotopic (exact) mass is 377 g/mol. The number of aromatic nitrogens is 1. The number of sulfonamides is 1. The zero-order valence-electron chi connectivity index (χ0n) is 12.0. The molecule has 1 saturated heterocycles. The molecule has 9 heteroatoms. The lowest BCUT2D eigenvalue weighted by Gasteiger charge is -2.35. The van der Waals surface area contributed by atoms with E-state index in [1.165, 1.54) is 12.3 Å². The first kappa shape index (κ1) is 16.6.